The van der Waals surface area contributed by atoms with Crippen molar-refractivity contribution < 1.29 is 4.74 Å². The number of aromatic nitrogens is 3. The Hall–Kier alpha value is -1.24. The van der Waals surface area contributed by atoms with E-state index in [-0.39, 0.29) is 24.0 Å². The number of thiophene rings is 1. The van der Waals surface area contributed by atoms with E-state index >= 15 is 0 Å². The van der Waals surface area contributed by atoms with Crippen LogP contribution in [0.25, 0.3) is 0 Å². The number of aliphatic imine (C=N–C) groups is 1. The van der Waals surface area contributed by atoms with Crippen LogP contribution in [-0.2, 0) is 24.2 Å². The zero-order chi connectivity index (χ0) is 20.3. The van der Waals surface area contributed by atoms with Crippen molar-refractivity contribution in [3.8, 4) is 0 Å². The Kier molecular flexibility index (Phi) is 11.6. The molecule has 1 aliphatic heterocycles. The molecule has 8 nitrogen and oxygen atoms in total. The van der Waals surface area contributed by atoms with Gasteiger partial charge in [0.25, 0.3) is 0 Å². The highest BCUT2D eigenvalue weighted by molar-refractivity contribution is 14.0. The standard InChI is InChI=1S/C20H33N7OS.HI/c1-3-19-24-23-17-27(19)9-8-22-20(21-7-5-14-28-2)26-12-10-25(11-13-26)16-18-6-4-15-29-18;/h4,6,15,17H,3,5,7-14,16H2,1-2H3,(H,21,22);1H. The van der Waals surface area contributed by atoms with Gasteiger partial charge in [0.1, 0.15) is 12.2 Å². The molecule has 0 bridgehead atoms. The number of hydrogen-bond acceptors (Lipinski definition) is 6. The summed E-state index contributed by atoms with van der Waals surface area (Å²) in [5.74, 6) is 2.02. The SMILES string of the molecule is CCc1nncn1CCNC(=NCCCOC)N1CCN(Cc2cccs2)CC1.I. The first-order chi connectivity index (χ1) is 14.3. The molecule has 3 heterocycles. The zero-order valence-electron chi connectivity index (χ0n) is 18.0. The summed E-state index contributed by atoms with van der Waals surface area (Å²) in [5, 5.41) is 13.9. The van der Waals surface area contributed by atoms with Gasteiger partial charge in [-0.2, -0.15) is 0 Å². The lowest BCUT2D eigenvalue weighted by molar-refractivity contribution is 0.173. The molecule has 1 N–H and O–H groups in total. The van der Waals surface area contributed by atoms with E-state index in [1.807, 2.05) is 11.3 Å². The van der Waals surface area contributed by atoms with Crippen LogP contribution in [0.1, 0.15) is 24.0 Å². The number of halogens is 1. The van der Waals surface area contributed by atoms with E-state index in [1.165, 1.54) is 4.88 Å². The van der Waals surface area contributed by atoms with Crippen LogP contribution in [0.15, 0.2) is 28.8 Å². The average Bonchev–Trinajstić information content (AvgIpc) is 3.42. The van der Waals surface area contributed by atoms with Crippen LogP contribution < -0.4 is 5.32 Å². The Morgan fingerprint density at radius 1 is 1.30 bits per heavy atom. The number of nitrogens with one attached hydrogen (secondary N) is 1. The third-order valence-corrected chi connectivity index (χ3v) is 5.91. The summed E-state index contributed by atoms with van der Waals surface area (Å²) in [6.45, 7) is 10.4. The number of ether oxygens (including phenoxy) is 1. The third-order valence-electron chi connectivity index (χ3n) is 5.05. The summed E-state index contributed by atoms with van der Waals surface area (Å²) in [5.41, 5.74) is 0. The summed E-state index contributed by atoms with van der Waals surface area (Å²) in [6.07, 6.45) is 3.63. The van der Waals surface area contributed by atoms with E-state index in [4.69, 9.17) is 9.73 Å². The van der Waals surface area contributed by atoms with Crippen molar-refractivity contribution in [2.24, 2.45) is 4.99 Å². The predicted octanol–water partition coefficient (Wildman–Crippen LogP) is 2.32. The maximum absolute atomic E-state index is 5.16. The van der Waals surface area contributed by atoms with Crippen LogP contribution in [0.4, 0.5) is 0 Å². The molecule has 0 amide bonds. The van der Waals surface area contributed by atoms with E-state index in [1.54, 1.807) is 13.4 Å². The summed E-state index contributed by atoms with van der Waals surface area (Å²) in [4.78, 5) is 11.2. The Morgan fingerprint density at radius 2 is 2.13 bits per heavy atom. The van der Waals surface area contributed by atoms with Crippen molar-refractivity contribution in [1.82, 2.24) is 29.9 Å². The molecule has 1 saturated heterocycles. The van der Waals surface area contributed by atoms with Crippen LogP contribution >= 0.6 is 35.3 Å². The number of guanidine groups is 1. The molecule has 0 aliphatic carbocycles. The molecule has 2 aromatic heterocycles. The number of hydrogen-bond donors (Lipinski definition) is 1. The Balaban J connectivity index is 0.00000320. The summed E-state index contributed by atoms with van der Waals surface area (Å²) >= 11 is 1.84. The molecule has 0 atom stereocenters. The molecule has 30 heavy (non-hydrogen) atoms. The monoisotopic (exact) mass is 547 g/mol. The first-order valence-electron chi connectivity index (χ1n) is 10.4. The molecule has 3 rings (SSSR count). The first-order valence-corrected chi connectivity index (χ1v) is 11.3. The molecule has 0 aromatic carbocycles. The molecule has 0 spiro atoms. The fourth-order valence-electron chi connectivity index (χ4n) is 3.43. The van der Waals surface area contributed by atoms with Gasteiger partial charge in [0.05, 0.1) is 0 Å². The second-order valence-electron chi connectivity index (χ2n) is 7.12. The first kappa shape index (κ1) is 25.0. The number of aryl methyl sites for hydroxylation is 1. The van der Waals surface area contributed by atoms with Crippen molar-refractivity contribution in [2.75, 3.05) is 53.0 Å². The van der Waals surface area contributed by atoms with Crippen LogP contribution in [0.2, 0.25) is 0 Å². The van der Waals surface area contributed by atoms with Gasteiger partial charge in [0.15, 0.2) is 5.96 Å². The minimum absolute atomic E-state index is 0. The predicted molar refractivity (Wildman–Crippen MR) is 133 cm³/mol. The van der Waals surface area contributed by atoms with E-state index in [9.17, 15) is 0 Å². The molecule has 10 heteroatoms. The highest BCUT2D eigenvalue weighted by Gasteiger charge is 2.20. The molecular formula is C20H34IN7OS. The zero-order valence-corrected chi connectivity index (χ0v) is 21.1. The summed E-state index contributed by atoms with van der Waals surface area (Å²) in [6, 6.07) is 4.35. The number of nitrogens with zero attached hydrogens (tertiary/aromatic N) is 6. The van der Waals surface area contributed by atoms with Crippen LogP contribution in [0.3, 0.4) is 0 Å². The molecule has 0 saturated carbocycles. The Labute approximate surface area is 200 Å². The van der Waals surface area contributed by atoms with Gasteiger partial charge in [-0.3, -0.25) is 9.89 Å². The van der Waals surface area contributed by atoms with Crippen molar-refractivity contribution in [3.63, 3.8) is 0 Å². The minimum Gasteiger partial charge on any atom is -0.385 e. The van der Waals surface area contributed by atoms with E-state index in [0.717, 1.165) is 83.6 Å². The Morgan fingerprint density at radius 3 is 2.83 bits per heavy atom. The van der Waals surface area contributed by atoms with Crippen molar-refractivity contribution in [3.05, 3.63) is 34.5 Å². The maximum atomic E-state index is 5.16. The van der Waals surface area contributed by atoms with Crippen LogP contribution in [-0.4, -0.2) is 83.5 Å². The summed E-state index contributed by atoms with van der Waals surface area (Å²) in [7, 11) is 1.74. The third kappa shape index (κ3) is 7.78. The average molecular weight is 548 g/mol. The summed E-state index contributed by atoms with van der Waals surface area (Å²) < 4.78 is 7.27. The van der Waals surface area contributed by atoms with E-state index in [0.29, 0.717) is 0 Å². The quantitative estimate of drug-likeness (QED) is 0.213. The van der Waals surface area contributed by atoms with Gasteiger partial charge in [-0.15, -0.1) is 45.5 Å². The second kappa shape index (κ2) is 13.9. The van der Waals surface area contributed by atoms with Crippen LogP contribution in [0, 0.1) is 0 Å². The minimum atomic E-state index is 0. The molecule has 1 fully saturated rings. The number of piperazine rings is 1. The number of rotatable bonds is 10. The molecule has 0 radical (unpaired) electrons. The fraction of sp³-hybridized carbons (Fsp3) is 0.650. The van der Waals surface area contributed by atoms with Gasteiger partial charge < -0.3 is 19.5 Å². The molecule has 0 unspecified atom stereocenters. The lowest BCUT2D eigenvalue weighted by Gasteiger charge is -2.36. The lowest BCUT2D eigenvalue weighted by atomic mass is 10.3. The normalized spacial score (nSPS) is 15.3. The smallest absolute Gasteiger partial charge is 0.194 e. The highest BCUT2D eigenvalue weighted by Crippen LogP contribution is 2.13. The topological polar surface area (TPSA) is 70.8 Å². The van der Waals surface area contributed by atoms with Gasteiger partial charge in [-0.1, -0.05) is 13.0 Å². The van der Waals surface area contributed by atoms with Crippen molar-refractivity contribution in [1.29, 1.82) is 0 Å². The Bertz CT molecular complexity index is 729. The highest BCUT2D eigenvalue weighted by atomic mass is 127. The van der Waals surface area contributed by atoms with Crippen LogP contribution in [0.5, 0.6) is 0 Å². The van der Waals surface area contributed by atoms with Gasteiger partial charge in [-0.25, -0.2) is 0 Å². The molecular weight excluding hydrogens is 513 g/mol. The van der Waals surface area contributed by atoms with Gasteiger partial charge in [0, 0.05) is 77.4 Å². The largest absolute Gasteiger partial charge is 0.385 e. The number of methoxy groups -OCH3 is 1. The van der Waals surface area contributed by atoms with Crippen molar-refractivity contribution in [2.45, 2.75) is 32.9 Å². The lowest BCUT2D eigenvalue weighted by Crippen LogP contribution is -2.52. The van der Waals surface area contributed by atoms with E-state index < -0.39 is 0 Å². The maximum Gasteiger partial charge on any atom is 0.194 e. The molecule has 2 aromatic rings. The van der Waals surface area contributed by atoms with Gasteiger partial charge in [0.2, 0.25) is 0 Å². The van der Waals surface area contributed by atoms with Gasteiger partial charge >= 0.3 is 0 Å². The van der Waals surface area contributed by atoms with Gasteiger partial charge in [-0.05, 0) is 17.9 Å². The van der Waals surface area contributed by atoms with E-state index in [2.05, 4.69) is 54.3 Å². The second-order valence-corrected chi connectivity index (χ2v) is 8.15. The van der Waals surface area contributed by atoms with Crippen molar-refractivity contribution >= 4 is 41.3 Å². The molecule has 168 valence electrons. The molecule has 1 aliphatic rings. The fourth-order valence-corrected chi connectivity index (χ4v) is 4.18.